The molecule has 132 valence electrons. The monoisotopic (exact) mass is 380 g/mol. The van der Waals surface area contributed by atoms with Gasteiger partial charge in [-0.05, 0) is 37.6 Å². The van der Waals surface area contributed by atoms with Gasteiger partial charge >= 0.3 is 0 Å². The highest BCUT2D eigenvalue weighted by molar-refractivity contribution is 8.00. The summed E-state index contributed by atoms with van der Waals surface area (Å²) >= 11 is 6.99. The van der Waals surface area contributed by atoms with Crippen LogP contribution in [-0.4, -0.2) is 38.7 Å². The molecule has 0 bridgehead atoms. The lowest BCUT2D eigenvalue weighted by Crippen LogP contribution is -2.23. The van der Waals surface area contributed by atoms with E-state index < -0.39 is 5.25 Å². The maximum atomic E-state index is 12.2. The molecule has 0 radical (unpaired) electrons. The molecule has 9 heteroatoms. The van der Waals surface area contributed by atoms with Gasteiger partial charge in [-0.1, -0.05) is 23.4 Å². The van der Waals surface area contributed by atoms with E-state index >= 15 is 0 Å². The number of likely N-dealkylation sites (tertiary alicyclic amines) is 1. The molecule has 1 saturated heterocycles. The summed E-state index contributed by atoms with van der Waals surface area (Å²) in [7, 11) is 0. The van der Waals surface area contributed by atoms with Crippen LogP contribution in [0.5, 0.6) is 0 Å². The third-order valence-corrected chi connectivity index (χ3v) is 4.89. The molecule has 1 unspecified atom stereocenters. The first-order chi connectivity index (χ1) is 12.0. The fourth-order valence-electron chi connectivity index (χ4n) is 2.37. The molecule has 0 aliphatic carbocycles. The van der Waals surface area contributed by atoms with E-state index in [1.54, 1.807) is 36.1 Å². The molecule has 1 aromatic carbocycles. The van der Waals surface area contributed by atoms with E-state index in [0.29, 0.717) is 41.3 Å². The summed E-state index contributed by atoms with van der Waals surface area (Å²) in [5, 5.41) is 11.2. The number of halogens is 1. The van der Waals surface area contributed by atoms with Crippen molar-refractivity contribution >= 4 is 40.9 Å². The van der Waals surface area contributed by atoms with Gasteiger partial charge in [0.15, 0.2) is 0 Å². The molecule has 2 aromatic rings. The van der Waals surface area contributed by atoms with E-state index in [9.17, 15) is 9.59 Å². The zero-order valence-electron chi connectivity index (χ0n) is 13.6. The van der Waals surface area contributed by atoms with Gasteiger partial charge in [0, 0.05) is 23.7 Å². The number of anilines is 1. The van der Waals surface area contributed by atoms with Gasteiger partial charge in [-0.2, -0.15) is 0 Å². The second-order valence-corrected chi connectivity index (χ2v) is 7.37. The number of aromatic nitrogens is 2. The highest BCUT2D eigenvalue weighted by atomic mass is 35.5. The first-order valence-electron chi connectivity index (χ1n) is 7.84. The summed E-state index contributed by atoms with van der Waals surface area (Å²) in [6.07, 6.45) is 1.42. The van der Waals surface area contributed by atoms with Gasteiger partial charge in [0.05, 0.1) is 11.8 Å². The Morgan fingerprint density at radius 3 is 2.84 bits per heavy atom. The Kier molecular flexibility index (Phi) is 5.60. The molecule has 2 amide bonds. The van der Waals surface area contributed by atoms with Crippen molar-refractivity contribution in [3.8, 4) is 0 Å². The number of thioether (sulfide) groups is 1. The summed E-state index contributed by atoms with van der Waals surface area (Å²) in [5.74, 6) is 0.299. The molecule has 1 fully saturated rings. The van der Waals surface area contributed by atoms with Crippen LogP contribution in [0.4, 0.5) is 5.69 Å². The van der Waals surface area contributed by atoms with E-state index in [4.69, 9.17) is 16.0 Å². The minimum atomic E-state index is -0.419. The van der Waals surface area contributed by atoms with Crippen molar-refractivity contribution in [2.75, 3.05) is 11.9 Å². The molecule has 1 aliphatic rings. The van der Waals surface area contributed by atoms with Crippen LogP contribution >= 0.6 is 23.4 Å². The van der Waals surface area contributed by atoms with Crippen LogP contribution < -0.4 is 5.32 Å². The van der Waals surface area contributed by atoms with Crippen LogP contribution in [-0.2, 0) is 16.1 Å². The molecule has 1 atom stereocenters. The van der Waals surface area contributed by atoms with Crippen LogP contribution in [0.1, 0.15) is 25.7 Å². The summed E-state index contributed by atoms with van der Waals surface area (Å²) < 4.78 is 5.53. The predicted molar refractivity (Wildman–Crippen MR) is 94.3 cm³/mol. The first kappa shape index (κ1) is 17.8. The number of hydrogen-bond acceptors (Lipinski definition) is 6. The number of hydrogen-bond donors (Lipinski definition) is 1. The second kappa shape index (κ2) is 7.88. The second-order valence-electron chi connectivity index (χ2n) is 5.64. The normalized spacial score (nSPS) is 15.4. The Morgan fingerprint density at radius 1 is 1.40 bits per heavy atom. The minimum Gasteiger partial charge on any atom is -0.414 e. The number of benzene rings is 1. The van der Waals surface area contributed by atoms with Crippen LogP contribution in [0.3, 0.4) is 0 Å². The molecule has 0 spiro atoms. The topological polar surface area (TPSA) is 88.3 Å². The van der Waals surface area contributed by atoms with Gasteiger partial charge in [-0.3, -0.25) is 9.59 Å². The zero-order chi connectivity index (χ0) is 17.8. The fourth-order valence-corrected chi connectivity index (χ4v) is 3.19. The molecular weight excluding hydrogens is 364 g/mol. The van der Waals surface area contributed by atoms with Crippen LogP contribution in [0.2, 0.25) is 5.02 Å². The van der Waals surface area contributed by atoms with Gasteiger partial charge in [0.1, 0.15) is 0 Å². The molecule has 3 rings (SSSR count). The van der Waals surface area contributed by atoms with E-state index in [1.165, 1.54) is 11.8 Å². The highest BCUT2D eigenvalue weighted by Gasteiger charge is 2.23. The van der Waals surface area contributed by atoms with Crippen LogP contribution in [0.15, 0.2) is 33.9 Å². The molecule has 7 nitrogen and oxygen atoms in total. The Labute approximate surface area is 154 Å². The van der Waals surface area contributed by atoms with Crippen molar-refractivity contribution in [3.05, 3.63) is 35.2 Å². The number of nitrogens with one attached hydrogen (secondary N) is 1. The Morgan fingerprint density at radius 2 is 2.16 bits per heavy atom. The van der Waals surface area contributed by atoms with Crippen molar-refractivity contribution < 1.29 is 14.0 Å². The lowest BCUT2D eigenvalue weighted by molar-refractivity contribution is -0.128. The molecule has 25 heavy (non-hydrogen) atoms. The standard InChI is InChI=1S/C16H17ClN4O3S/c1-10(15(23)18-12-6-4-11(17)5-7-12)25-16-20-19-13(24-16)9-21-8-2-3-14(21)22/h4-7,10H,2-3,8-9H2,1H3,(H,18,23). The van der Waals surface area contributed by atoms with E-state index in [1.807, 2.05) is 0 Å². The van der Waals surface area contributed by atoms with Gasteiger partial charge in [0.2, 0.25) is 17.7 Å². The Balaban J connectivity index is 1.53. The summed E-state index contributed by atoms with van der Waals surface area (Å²) in [4.78, 5) is 25.5. The van der Waals surface area contributed by atoms with Crippen LogP contribution in [0, 0.1) is 0 Å². The largest absolute Gasteiger partial charge is 0.414 e. The molecular formula is C16H17ClN4O3S. The van der Waals surface area contributed by atoms with E-state index in [0.717, 1.165) is 6.42 Å². The number of amides is 2. The molecule has 1 aromatic heterocycles. The maximum absolute atomic E-state index is 12.2. The predicted octanol–water partition coefficient (Wildman–Crippen LogP) is 2.96. The maximum Gasteiger partial charge on any atom is 0.277 e. The van der Waals surface area contributed by atoms with Gasteiger partial charge in [-0.15, -0.1) is 10.2 Å². The third kappa shape index (κ3) is 4.73. The third-order valence-electron chi connectivity index (χ3n) is 3.70. The quantitative estimate of drug-likeness (QED) is 0.775. The lowest BCUT2D eigenvalue weighted by atomic mass is 10.3. The van der Waals surface area contributed by atoms with Gasteiger partial charge in [-0.25, -0.2) is 0 Å². The van der Waals surface area contributed by atoms with Crippen molar-refractivity contribution in [3.63, 3.8) is 0 Å². The summed E-state index contributed by atoms with van der Waals surface area (Å²) in [6, 6.07) is 6.88. The molecule has 1 aliphatic heterocycles. The number of carbonyl (C=O) groups is 2. The van der Waals surface area contributed by atoms with Crippen molar-refractivity contribution in [2.45, 2.75) is 36.8 Å². The number of nitrogens with zero attached hydrogens (tertiary/aromatic N) is 3. The molecule has 2 heterocycles. The van der Waals surface area contributed by atoms with E-state index in [2.05, 4.69) is 15.5 Å². The Hall–Kier alpha value is -2.06. The smallest absolute Gasteiger partial charge is 0.277 e. The summed E-state index contributed by atoms with van der Waals surface area (Å²) in [5.41, 5.74) is 0.667. The zero-order valence-corrected chi connectivity index (χ0v) is 15.1. The van der Waals surface area contributed by atoms with Crippen molar-refractivity contribution in [1.29, 1.82) is 0 Å². The van der Waals surface area contributed by atoms with Crippen LogP contribution in [0.25, 0.3) is 0 Å². The minimum absolute atomic E-state index is 0.100. The first-order valence-corrected chi connectivity index (χ1v) is 9.10. The van der Waals surface area contributed by atoms with Gasteiger partial charge in [0.25, 0.3) is 5.22 Å². The average Bonchev–Trinajstić information content (AvgIpc) is 3.19. The highest BCUT2D eigenvalue weighted by Crippen LogP contribution is 2.24. The SMILES string of the molecule is CC(Sc1nnc(CN2CCCC2=O)o1)C(=O)Nc1ccc(Cl)cc1. The lowest BCUT2D eigenvalue weighted by Gasteiger charge is -2.11. The molecule has 1 N–H and O–H groups in total. The number of rotatable bonds is 6. The summed E-state index contributed by atoms with van der Waals surface area (Å²) in [6.45, 7) is 2.78. The number of carbonyl (C=O) groups excluding carboxylic acids is 2. The Bertz CT molecular complexity index is 765. The fraction of sp³-hybridized carbons (Fsp3) is 0.375. The molecule has 0 saturated carbocycles. The van der Waals surface area contributed by atoms with Crippen molar-refractivity contribution in [1.82, 2.24) is 15.1 Å². The van der Waals surface area contributed by atoms with Gasteiger partial charge < -0.3 is 14.6 Å². The average molecular weight is 381 g/mol. The van der Waals surface area contributed by atoms with E-state index in [-0.39, 0.29) is 11.8 Å². The van der Waals surface area contributed by atoms with Crippen molar-refractivity contribution in [2.24, 2.45) is 0 Å².